The summed E-state index contributed by atoms with van der Waals surface area (Å²) in [6.45, 7) is 0. The summed E-state index contributed by atoms with van der Waals surface area (Å²) in [6, 6.07) is 0. The molecule has 0 atom stereocenters. The van der Waals surface area contributed by atoms with E-state index >= 15 is 0 Å². The molecule has 0 saturated carbocycles. The number of hydrogen-bond donors (Lipinski definition) is 0. The Morgan fingerprint density at radius 3 is 0.500 bits per heavy atom. The first-order chi connectivity index (χ1) is 0. The molecule has 0 aromatic carbocycles. The third kappa shape index (κ3) is 343. The van der Waals surface area contributed by atoms with Crippen LogP contribution in [0.15, 0.2) is 0 Å². The first-order valence-corrected chi connectivity index (χ1v) is 0. The fraction of sp³-hybridized carbons (Fsp3) is 0. The van der Waals surface area contributed by atoms with Crippen LogP contribution in [0.1, 0.15) is 0 Å². The van der Waals surface area contributed by atoms with Crippen LogP contribution in [0, 0.1) is 0 Å². The summed E-state index contributed by atoms with van der Waals surface area (Å²) in [5, 5.41) is 0. The summed E-state index contributed by atoms with van der Waals surface area (Å²) in [5.74, 6) is 0. The second-order valence-electron chi connectivity index (χ2n) is 0. The molecule has 0 amide bonds. The van der Waals surface area contributed by atoms with E-state index in [2.05, 4.69) is 0 Å². The summed E-state index contributed by atoms with van der Waals surface area (Å²) in [7, 11) is 0. The van der Waals surface area contributed by atoms with Crippen LogP contribution in [-0.4, -0.2) is 8.41 Å². The van der Waals surface area contributed by atoms with Crippen molar-refractivity contribution in [2.75, 3.05) is 0 Å². The molecule has 0 heterocycles. The van der Waals surface area contributed by atoms with Gasteiger partial charge in [0.05, 0.1) is 0 Å². The van der Waals surface area contributed by atoms with Crippen molar-refractivity contribution < 1.29 is 37.7 Å². The van der Waals surface area contributed by atoms with Crippen molar-refractivity contribution in [3.8, 4) is 0 Å². The van der Waals surface area contributed by atoms with Gasteiger partial charge in [0.2, 0.25) is 0 Å². The minimum Gasteiger partial charge on any atom is -1.00 e. The Labute approximate surface area is 46.9 Å². The molecule has 0 unspecified atom stereocenters. The molecule has 0 aromatic rings. The van der Waals surface area contributed by atoms with E-state index in [4.69, 9.17) is 0 Å². The third-order valence-corrected chi connectivity index (χ3v) is 0. The molecule has 0 aliphatic rings. The van der Waals surface area contributed by atoms with E-state index < -0.39 is 0 Å². The number of rotatable bonds is 0. The van der Waals surface area contributed by atoms with E-state index in [1.54, 1.807) is 0 Å². The first kappa shape index (κ1) is 1260. The third-order valence-electron chi connectivity index (χ3n) is 0. The van der Waals surface area contributed by atoms with Gasteiger partial charge in [-0.25, -0.2) is 0 Å². The van der Waals surface area contributed by atoms with Gasteiger partial charge in [-0.15, -0.1) is 0 Å². The van der Waals surface area contributed by atoms with Gasteiger partial charge in [-0.1, -0.05) is 0 Å². The van der Waals surface area contributed by atoms with Gasteiger partial charge < -0.3 is 27.2 Å². The molecule has 0 aliphatic heterocycles. The van der Waals surface area contributed by atoms with E-state index in [9.17, 15) is 0 Å². The van der Waals surface area contributed by atoms with Crippen molar-refractivity contribution in [3.63, 3.8) is 0 Å². The Morgan fingerprint density at radius 2 is 0.500 bits per heavy atom. The Balaban J connectivity index is 0. The SMILES string of the molecule is [B-].[F-].[F-].[F-].[F-].[Li+]. The van der Waals surface area contributed by atoms with E-state index in [0.717, 1.165) is 0 Å². The maximum Gasteiger partial charge on any atom is 1.00 e. The normalized spacial score (nSPS) is 0. The van der Waals surface area contributed by atoms with Crippen molar-refractivity contribution in [1.82, 2.24) is 0 Å². The summed E-state index contributed by atoms with van der Waals surface area (Å²) in [5.41, 5.74) is 0. The zero-order valence-corrected chi connectivity index (χ0v) is 3.09. The maximum absolute atomic E-state index is 0. The summed E-state index contributed by atoms with van der Waals surface area (Å²) in [4.78, 5) is 0. The summed E-state index contributed by atoms with van der Waals surface area (Å²) >= 11 is 0. The average Bonchev–Trinajstić information content (AvgIpc) is 0. The van der Waals surface area contributed by atoms with Crippen LogP contribution >= 0.6 is 0 Å². The van der Waals surface area contributed by atoms with Crippen molar-refractivity contribution in [2.45, 2.75) is 0 Å². The molecule has 4 radical (unpaired) electrons. The van der Waals surface area contributed by atoms with Crippen molar-refractivity contribution in [3.05, 3.63) is 0 Å². The van der Waals surface area contributed by atoms with Crippen molar-refractivity contribution in [2.24, 2.45) is 0 Å². The quantitative estimate of drug-likeness (QED) is 0.206. The Kier molecular flexibility index (Phi) is 149000. The van der Waals surface area contributed by atoms with Gasteiger partial charge in [-0.3, -0.25) is 0 Å². The van der Waals surface area contributed by atoms with E-state index in [1.165, 1.54) is 0 Å². The van der Waals surface area contributed by atoms with Crippen molar-refractivity contribution in [1.29, 1.82) is 0 Å². The standard InChI is InChI=1S/B.4FH.Li/h;4*1H;/q-1;;;;;+1/p-4. The molecule has 0 nitrogen and oxygen atoms in total. The first-order valence-electron chi connectivity index (χ1n) is 0. The number of hydrogen-bond acceptors (Lipinski definition) is 0. The molecule has 0 N–H and O–H groups in total. The fourth-order valence-electron chi connectivity index (χ4n) is 0. The largest absolute Gasteiger partial charge is 1.00 e. The molecule has 0 bridgehead atoms. The second-order valence-corrected chi connectivity index (χ2v) is 0. The predicted molar refractivity (Wildman–Crippen MR) is 5.75 cm³/mol. The van der Waals surface area contributed by atoms with Crippen LogP contribution in [0.3, 0.4) is 0 Å². The van der Waals surface area contributed by atoms with Crippen LogP contribution < -0.4 is 37.7 Å². The van der Waals surface area contributed by atoms with Crippen LogP contribution in [0.4, 0.5) is 0 Å². The molecule has 0 fully saturated rings. The molecule has 0 aromatic heterocycles. The zero-order chi connectivity index (χ0) is 0. The molecular formula is BF4Li-4. The Hall–Kier alpha value is 0.382. The van der Waals surface area contributed by atoms with E-state index in [0.29, 0.717) is 0 Å². The monoisotopic (exact) mass is 94.0 g/mol. The topological polar surface area (TPSA) is 0 Å². The smallest absolute Gasteiger partial charge is 1.00 e. The molecule has 0 saturated heterocycles. The van der Waals surface area contributed by atoms with Gasteiger partial charge in [-0.2, -0.15) is 0 Å². The van der Waals surface area contributed by atoms with Gasteiger partial charge in [0.25, 0.3) is 0 Å². The molecular weight excluding hydrogens is 93.7 g/mol. The van der Waals surface area contributed by atoms with Gasteiger partial charge in [-0.05, 0) is 0 Å². The van der Waals surface area contributed by atoms with Gasteiger partial charge in [0.1, 0.15) is 0 Å². The van der Waals surface area contributed by atoms with E-state index in [1.807, 2.05) is 0 Å². The maximum atomic E-state index is 0. The van der Waals surface area contributed by atoms with E-state index in [-0.39, 0.29) is 46.1 Å². The van der Waals surface area contributed by atoms with Gasteiger partial charge >= 0.3 is 18.9 Å². The second kappa shape index (κ2) is 707. The van der Waals surface area contributed by atoms with Crippen LogP contribution in [0.5, 0.6) is 0 Å². The molecule has 0 rings (SSSR count). The number of halogens is 4. The zero-order valence-electron chi connectivity index (χ0n) is 3.09. The van der Waals surface area contributed by atoms with Crippen LogP contribution in [-0.2, 0) is 0 Å². The Bertz CT molecular complexity index is 7.51. The fourth-order valence-corrected chi connectivity index (χ4v) is 0. The van der Waals surface area contributed by atoms with Crippen LogP contribution in [0.2, 0.25) is 0 Å². The minimum atomic E-state index is 0. The van der Waals surface area contributed by atoms with Gasteiger partial charge in [0, 0.05) is 0 Å². The average molecular weight is 93.7 g/mol. The molecule has 0 spiro atoms. The molecule has 6 heavy (non-hydrogen) atoms. The molecule has 6 heteroatoms. The predicted octanol–water partition coefficient (Wildman–Crippen LogP) is -15.4. The van der Waals surface area contributed by atoms with Gasteiger partial charge in [0.15, 0.2) is 0 Å². The van der Waals surface area contributed by atoms with Crippen molar-refractivity contribution >= 4 is 8.41 Å². The summed E-state index contributed by atoms with van der Waals surface area (Å²) < 4.78 is 0. The van der Waals surface area contributed by atoms with Crippen LogP contribution in [0.25, 0.3) is 0 Å². The Morgan fingerprint density at radius 1 is 0.500 bits per heavy atom. The summed E-state index contributed by atoms with van der Waals surface area (Å²) in [6.07, 6.45) is 0. The molecule has 36 valence electrons. The minimum absolute atomic E-state index is 0. The molecule has 0 aliphatic carbocycles.